The molecule has 5 N–H and O–H groups in total. The quantitative estimate of drug-likeness (QED) is 0.225. The Morgan fingerprint density at radius 1 is 1.37 bits per heavy atom. The van der Waals surface area contributed by atoms with Crippen LogP contribution in [0.1, 0.15) is 31.7 Å². The molecule has 2 rings (SSSR count). The molecule has 150 valence electrons. The molecule has 2 aromatic rings. The molecular weight excluding hydrogens is 373 g/mol. The molecule has 1 unspecified atom stereocenters. The number of anilines is 1. The number of hydrogen-bond donors (Lipinski definition) is 4. The van der Waals surface area contributed by atoms with E-state index in [1.54, 1.807) is 13.1 Å². The Labute approximate surface area is 156 Å². The molecular formula is C16H26N5O5P. The lowest BCUT2D eigenvalue weighted by Crippen LogP contribution is -2.17. The SMILES string of the molecule is CCOP(=O)(CCCNCc1c[nH]c2c(=O)[nH]c(N)nc12)OCCCC=O. The number of aromatic amines is 2. The van der Waals surface area contributed by atoms with E-state index in [1.165, 1.54) is 0 Å². The lowest BCUT2D eigenvalue weighted by atomic mass is 10.3. The number of hydrogen-bond acceptors (Lipinski definition) is 8. The highest BCUT2D eigenvalue weighted by molar-refractivity contribution is 7.53. The number of nitrogens with one attached hydrogen (secondary N) is 3. The summed E-state index contributed by atoms with van der Waals surface area (Å²) >= 11 is 0. The van der Waals surface area contributed by atoms with Gasteiger partial charge in [-0.2, -0.15) is 0 Å². The van der Waals surface area contributed by atoms with Gasteiger partial charge >= 0.3 is 7.60 Å². The number of aldehydes is 1. The number of nitrogens with zero attached hydrogens (tertiary/aromatic N) is 1. The van der Waals surface area contributed by atoms with Gasteiger partial charge in [-0.15, -0.1) is 0 Å². The second-order valence-electron chi connectivity index (χ2n) is 5.91. The largest absolute Gasteiger partial charge is 0.369 e. The van der Waals surface area contributed by atoms with Gasteiger partial charge in [0.05, 0.1) is 19.4 Å². The van der Waals surface area contributed by atoms with E-state index in [2.05, 4.69) is 20.3 Å². The van der Waals surface area contributed by atoms with Crippen LogP contribution in [0.25, 0.3) is 11.0 Å². The molecule has 0 aliphatic rings. The molecule has 0 aliphatic heterocycles. The summed E-state index contributed by atoms with van der Waals surface area (Å²) in [6.45, 7) is 3.36. The van der Waals surface area contributed by atoms with E-state index in [4.69, 9.17) is 14.8 Å². The van der Waals surface area contributed by atoms with E-state index in [0.717, 1.165) is 11.8 Å². The molecule has 2 heterocycles. The van der Waals surface area contributed by atoms with E-state index in [1.807, 2.05) is 0 Å². The summed E-state index contributed by atoms with van der Waals surface area (Å²) in [7, 11) is -3.15. The fourth-order valence-electron chi connectivity index (χ4n) is 2.57. The van der Waals surface area contributed by atoms with Gasteiger partial charge < -0.3 is 29.9 Å². The Balaban J connectivity index is 1.81. The van der Waals surface area contributed by atoms with Crippen LogP contribution in [0, 0.1) is 0 Å². The maximum atomic E-state index is 12.6. The van der Waals surface area contributed by atoms with Crippen molar-refractivity contribution in [2.45, 2.75) is 32.7 Å². The molecule has 0 aromatic carbocycles. The average Bonchev–Trinajstić information content (AvgIpc) is 3.02. The Morgan fingerprint density at radius 2 is 2.19 bits per heavy atom. The van der Waals surface area contributed by atoms with Crippen LogP contribution < -0.4 is 16.6 Å². The maximum Gasteiger partial charge on any atom is 0.330 e. The molecule has 0 spiro atoms. The minimum Gasteiger partial charge on any atom is -0.369 e. The van der Waals surface area contributed by atoms with Crippen LogP contribution in [0.15, 0.2) is 11.0 Å². The summed E-state index contributed by atoms with van der Waals surface area (Å²) in [5.74, 6) is 0.0673. The summed E-state index contributed by atoms with van der Waals surface area (Å²) in [6.07, 6.45) is 4.28. The fraction of sp³-hybridized carbons (Fsp3) is 0.562. The van der Waals surface area contributed by atoms with Crippen LogP contribution in [-0.4, -0.2) is 47.2 Å². The fourth-order valence-corrected chi connectivity index (χ4v) is 4.25. The molecule has 0 amide bonds. The average molecular weight is 399 g/mol. The van der Waals surface area contributed by atoms with Gasteiger partial charge in [0.1, 0.15) is 17.3 Å². The molecule has 0 saturated heterocycles. The number of fused-ring (bicyclic) bond motifs is 1. The molecule has 0 bridgehead atoms. The molecule has 0 aliphatic carbocycles. The number of nitrogens with two attached hydrogens (primary N) is 1. The van der Waals surface area contributed by atoms with Crippen molar-refractivity contribution in [3.05, 3.63) is 22.1 Å². The second kappa shape index (κ2) is 10.4. The summed E-state index contributed by atoms with van der Waals surface area (Å²) in [6, 6.07) is 0. The Hall–Kier alpha value is -2.00. The highest BCUT2D eigenvalue weighted by Crippen LogP contribution is 2.48. The van der Waals surface area contributed by atoms with Gasteiger partial charge in [-0.3, -0.25) is 14.3 Å². The van der Waals surface area contributed by atoms with Crippen LogP contribution >= 0.6 is 7.60 Å². The third kappa shape index (κ3) is 6.28. The van der Waals surface area contributed by atoms with E-state index in [9.17, 15) is 14.2 Å². The summed E-state index contributed by atoms with van der Waals surface area (Å²) in [4.78, 5) is 31.6. The normalized spacial score (nSPS) is 13.7. The first kappa shape index (κ1) is 21.3. The maximum absolute atomic E-state index is 12.6. The first-order chi connectivity index (χ1) is 13.0. The van der Waals surface area contributed by atoms with Gasteiger partial charge in [0, 0.05) is 24.7 Å². The van der Waals surface area contributed by atoms with Crippen molar-refractivity contribution in [2.24, 2.45) is 0 Å². The smallest absolute Gasteiger partial charge is 0.330 e. The van der Waals surface area contributed by atoms with Crippen molar-refractivity contribution in [2.75, 3.05) is 31.7 Å². The first-order valence-corrected chi connectivity index (χ1v) is 10.6. The summed E-state index contributed by atoms with van der Waals surface area (Å²) in [5.41, 5.74) is 7.00. The van der Waals surface area contributed by atoms with Crippen molar-refractivity contribution >= 4 is 30.9 Å². The molecule has 2 aromatic heterocycles. The minimum atomic E-state index is -3.15. The van der Waals surface area contributed by atoms with E-state index in [-0.39, 0.29) is 24.3 Å². The zero-order valence-corrected chi connectivity index (χ0v) is 16.2. The predicted octanol–water partition coefficient (Wildman–Crippen LogP) is 1.54. The summed E-state index contributed by atoms with van der Waals surface area (Å²) in [5, 5.41) is 3.22. The van der Waals surface area contributed by atoms with Gasteiger partial charge in [-0.05, 0) is 26.3 Å². The Kier molecular flexibility index (Phi) is 8.18. The third-order valence-electron chi connectivity index (χ3n) is 3.81. The Bertz CT molecular complexity index is 849. The van der Waals surface area contributed by atoms with Crippen LogP contribution in [0.2, 0.25) is 0 Å². The zero-order chi connectivity index (χ0) is 19.7. The van der Waals surface area contributed by atoms with E-state index in [0.29, 0.717) is 50.0 Å². The van der Waals surface area contributed by atoms with Gasteiger partial charge in [0.25, 0.3) is 5.56 Å². The van der Waals surface area contributed by atoms with Crippen LogP contribution in [-0.2, 0) is 25.0 Å². The van der Waals surface area contributed by atoms with Crippen LogP contribution in [0.3, 0.4) is 0 Å². The topological polar surface area (TPSA) is 152 Å². The summed E-state index contributed by atoms with van der Waals surface area (Å²) < 4.78 is 23.3. The van der Waals surface area contributed by atoms with Crippen molar-refractivity contribution in [1.82, 2.24) is 20.3 Å². The van der Waals surface area contributed by atoms with Crippen molar-refractivity contribution in [1.29, 1.82) is 0 Å². The number of H-pyrrole nitrogens is 2. The van der Waals surface area contributed by atoms with E-state index < -0.39 is 7.60 Å². The lowest BCUT2D eigenvalue weighted by Gasteiger charge is -2.17. The minimum absolute atomic E-state index is 0.0673. The molecule has 0 fully saturated rings. The highest BCUT2D eigenvalue weighted by atomic mass is 31.2. The van der Waals surface area contributed by atoms with E-state index >= 15 is 0 Å². The second-order valence-corrected chi connectivity index (χ2v) is 8.10. The van der Waals surface area contributed by atoms with Gasteiger partial charge in [-0.25, -0.2) is 4.98 Å². The van der Waals surface area contributed by atoms with Crippen LogP contribution in [0.5, 0.6) is 0 Å². The zero-order valence-electron chi connectivity index (χ0n) is 15.3. The molecule has 0 saturated carbocycles. The number of aromatic nitrogens is 3. The number of rotatable bonds is 13. The van der Waals surface area contributed by atoms with Crippen molar-refractivity contribution in [3.8, 4) is 0 Å². The molecule has 27 heavy (non-hydrogen) atoms. The third-order valence-corrected chi connectivity index (χ3v) is 5.91. The lowest BCUT2D eigenvalue weighted by molar-refractivity contribution is -0.108. The van der Waals surface area contributed by atoms with Crippen molar-refractivity contribution < 1.29 is 18.4 Å². The standard InChI is InChI=1S/C16H26N5O5P/c1-2-25-27(24,26-8-4-3-7-22)9-5-6-18-10-12-11-19-14-13(12)20-16(17)21-15(14)23/h7,11,18-19H,2-6,8-10H2,1H3,(H3,17,20,21,23). The number of carbonyl (C=O) groups excluding carboxylic acids is 1. The molecule has 0 radical (unpaired) electrons. The number of carbonyl (C=O) groups is 1. The van der Waals surface area contributed by atoms with Gasteiger partial charge in [0.2, 0.25) is 5.95 Å². The van der Waals surface area contributed by atoms with Crippen LogP contribution in [0.4, 0.5) is 5.95 Å². The highest BCUT2D eigenvalue weighted by Gasteiger charge is 2.23. The Morgan fingerprint density at radius 3 is 2.93 bits per heavy atom. The monoisotopic (exact) mass is 399 g/mol. The van der Waals surface area contributed by atoms with Gasteiger partial charge in [0.15, 0.2) is 0 Å². The molecule has 1 atom stereocenters. The first-order valence-electron chi connectivity index (χ1n) is 8.87. The molecule has 11 heteroatoms. The molecule has 10 nitrogen and oxygen atoms in total. The number of nitrogen functional groups attached to an aromatic ring is 1. The van der Waals surface area contributed by atoms with Crippen molar-refractivity contribution in [3.63, 3.8) is 0 Å². The predicted molar refractivity (Wildman–Crippen MR) is 103 cm³/mol. The number of unbranched alkanes of at least 4 members (excludes halogenated alkanes) is 1. The van der Waals surface area contributed by atoms with Gasteiger partial charge in [-0.1, -0.05) is 0 Å².